The zero-order valence-electron chi connectivity index (χ0n) is 15.4. The summed E-state index contributed by atoms with van der Waals surface area (Å²) in [5.74, 6) is -0.822. The predicted molar refractivity (Wildman–Crippen MR) is 102 cm³/mol. The summed E-state index contributed by atoms with van der Waals surface area (Å²) in [6, 6.07) is 5.59. The zero-order valence-corrected chi connectivity index (χ0v) is 15.4. The summed E-state index contributed by atoms with van der Waals surface area (Å²) < 4.78 is 41.9. The number of benzene rings is 1. The average Bonchev–Trinajstić information content (AvgIpc) is 2.69. The van der Waals surface area contributed by atoms with Crippen molar-refractivity contribution in [1.82, 2.24) is 9.97 Å². The monoisotopic (exact) mass is 407 g/mol. The molecule has 0 radical (unpaired) electrons. The van der Waals surface area contributed by atoms with Crippen LogP contribution in [0.15, 0.2) is 35.5 Å². The van der Waals surface area contributed by atoms with Gasteiger partial charge in [-0.1, -0.05) is 0 Å². The number of hydrogen-bond acceptors (Lipinski definition) is 6. The lowest BCUT2D eigenvalue weighted by Gasteiger charge is -2.25. The highest BCUT2D eigenvalue weighted by Gasteiger charge is 2.23. The molecule has 0 atom stereocenters. The van der Waals surface area contributed by atoms with Crippen molar-refractivity contribution in [1.29, 1.82) is 0 Å². The Balaban J connectivity index is 1.57. The first-order valence-corrected chi connectivity index (χ1v) is 9.08. The number of nitrogen functional groups attached to an aromatic ring is 1. The van der Waals surface area contributed by atoms with Crippen LogP contribution in [0.25, 0.3) is 0 Å². The van der Waals surface area contributed by atoms with Crippen molar-refractivity contribution in [2.75, 3.05) is 11.1 Å². The van der Waals surface area contributed by atoms with Gasteiger partial charge in [0.05, 0.1) is 6.10 Å². The smallest absolute Gasteiger partial charge is 0.345 e. The third-order valence-corrected chi connectivity index (χ3v) is 4.57. The van der Waals surface area contributed by atoms with E-state index in [1.807, 2.05) is 0 Å². The number of nitrogens with one attached hydrogen (secondary N) is 1. The molecule has 1 aromatic carbocycles. The number of nitrogens with zero attached hydrogens (tertiary/aromatic N) is 3. The van der Waals surface area contributed by atoms with Crippen LogP contribution in [0.2, 0.25) is 0 Å². The van der Waals surface area contributed by atoms with Crippen molar-refractivity contribution in [3.63, 3.8) is 0 Å². The molecule has 0 bridgehead atoms. The number of nitrogens with two attached hydrogens (primary N) is 1. The Morgan fingerprint density at radius 3 is 2.55 bits per heavy atom. The maximum Gasteiger partial charge on any atom is 0.345 e. The number of carbonyl (C=O) groups excluding carboxylic acids is 1. The number of hydrogen-bond donors (Lipinski definition) is 2. The first kappa shape index (κ1) is 20.7. The number of alkyl halides is 2. The fourth-order valence-corrected chi connectivity index (χ4v) is 3.04. The summed E-state index contributed by atoms with van der Waals surface area (Å²) in [5.41, 5.74) is 6.46. The second-order valence-electron chi connectivity index (χ2n) is 6.64. The van der Waals surface area contributed by atoms with Crippen LogP contribution in [0.5, 0.6) is 0 Å². The van der Waals surface area contributed by atoms with Gasteiger partial charge in [-0.15, -0.1) is 0 Å². The fraction of sp³-hybridized carbons (Fsp3) is 0.368. The summed E-state index contributed by atoms with van der Waals surface area (Å²) in [7, 11) is 0. The van der Waals surface area contributed by atoms with E-state index in [0.717, 1.165) is 0 Å². The van der Waals surface area contributed by atoms with Gasteiger partial charge in [-0.3, -0.25) is 4.79 Å². The first-order chi connectivity index (χ1) is 13.9. The van der Waals surface area contributed by atoms with Crippen LogP contribution < -0.4 is 11.1 Å². The van der Waals surface area contributed by atoms with Gasteiger partial charge in [0.1, 0.15) is 17.2 Å². The van der Waals surface area contributed by atoms with Crippen LogP contribution in [-0.4, -0.2) is 34.8 Å². The number of ether oxygens (including phenoxy) is 1. The van der Waals surface area contributed by atoms with E-state index in [1.165, 1.54) is 36.7 Å². The van der Waals surface area contributed by atoms with Gasteiger partial charge >= 0.3 is 6.61 Å². The van der Waals surface area contributed by atoms with E-state index in [1.54, 1.807) is 0 Å². The molecule has 1 aliphatic carbocycles. The molecule has 1 heterocycles. The molecular formula is C19H20F3N5O2. The lowest BCUT2D eigenvalue weighted by Crippen LogP contribution is -2.24. The van der Waals surface area contributed by atoms with Crippen molar-refractivity contribution >= 4 is 29.6 Å². The summed E-state index contributed by atoms with van der Waals surface area (Å²) in [6.45, 7) is -2.77. The molecule has 1 aromatic heterocycles. The standard InChI is InChI=1S/C19H20F3N5O2/c20-12-3-5-13(6-4-12)26-19-25-10-15(16(23)27-19)17(28)24-9-11-1-7-14(8-2-11)29-18(21)22/h3-6,9-11,14,18H,1-2,7-8H2,(H3,23,25,26,27). The molecule has 3 N–H and O–H groups in total. The van der Waals surface area contributed by atoms with E-state index in [9.17, 15) is 18.0 Å². The van der Waals surface area contributed by atoms with Gasteiger partial charge in [0.15, 0.2) is 0 Å². The lowest BCUT2D eigenvalue weighted by molar-refractivity contribution is -0.170. The van der Waals surface area contributed by atoms with Crippen LogP contribution in [0, 0.1) is 11.7 Å². The van der Waals surface area contributed by atoms with E-state index < -0.39 is 18.6 Å². The number of rotatable bonds is 6. The van der Waals surface area contributed by atoms with Crippen LogP contribution in [0.4, 0.5) is 30.6 Å². The maximum absolute atomic E-state index is 12.9. The Hall–Kier alpha value is -3.01. The molecule has 1 aliphatic rings. The van der Waals surface area contributed by atoms with E-state index >= 15 is 0 Å². The van der Waals surface area contributed by atoms with Gasteiger partial charge in [0, 0.05) is 18.1 Å². The van der Waals surface area contributed by atoms with Crippen molar-refractivity contribution < 1.29 is 22.7 Å². The van der Waals surface area contributed by atoms with Crippen molar-refractivity contribution in [3.05, 3.63) is 41.8 Å². The van der Waals surface area contributed by atoms with Crippen LogP contribution in [-0.2, 0) is 4.74 Å². The molecule has 154 valence electrons. The quantitative estimate of drug-likeness (QED) is 0.703. The highest BCUT2D eigenvalue weighted by molar-refractivity contribution is 6.02. The minimum Gasteiger partial charge on any atom is -0.383 e. The number of amides is 1. The fourth-order valence-electron chi connectivity index (χ4n) is 3.04. The Morgan fingerprint density at radius 2 is 1.93 bits per heavy atom. The largest absolute Gasteiger partial charge is 0.383 e. The maximum atomic E-state index is 12.9. The third-order valence-electron chi connectivity index (χ3n) is 4.57. The number of halogens is 3. The highest BCUT2D eigenvalue weighted by atomic mass is 19.3. The summed E-state index contributed by atoms with van der Waals surface area (Å²) in [4.78, 5) is 24.3. The van der Waals surface area contributed by atoms with E-state index in [-0.39, 0.29) is 29.1 Å². The van der Waals surface area contributed by atoms with Gasteiger partial charge in [-0.05, 0) is 55.9 Å². The Bertz CT molecular complexity index is 869. The van der Waals surface area contributed by atoms with Gasteiger partial charge in [-0.25, -0.2) is 14.4 Å². The lowest BCUT2D eigenvalue weighted by atomic mass is 9.88. The van der Waals surface area contributed by atoms with Gasteiger partial charge in [0.25, 0.3) is 5.91 Å². The average molecular weight is 407 g/mol. The highest BCUT2D eigenvalue weighted by Crippen LogP contribution is 2.26. The Labute approximate surface area is 165 Å². The molecule has 1 amide bonds. The molecule has 0 spiro atoms. The summed E-state index contributed by atoms with van der Waals surface area (Å²) >= 11 is 0. The van der Waals surface area contributed by atoms with Crippen molar-refractivity contribution in [2.24, 2.45) is 10.9 Å². The number of anilines is 3. The molecule has 7 nitrogen and oxygen atoms in total. The van der Waals surface area contributed by atoms with Crippen LogP contribution >= 0.6 is 0 Å². The summed E-state index contributed by atoms with van der Waals surface area (Å²) in [6.07, 6.45) is 4.53. The second-order valence-corrected chi connectivity index (χ2v) is 6.64. The van der Waals surface area contributed by atoms with Crippen molar-refractivity contribution in [3.8, 4) is 0 Å². The van der Waals surface area contributed by atoms with Crippen LogP contribution in [0.1, 0.15) is 36.0 Å². The Morgan fingerprint density at radius 1 is 1.24 bits per heavy atom. The second kappa shape index (κ2) is 9.46. The molecule has 29 heavy (non-hydrogen) atoms. The number of aromatic nitrogens is 2. The normalized spacial score (nSPS) is 19.6. The molecule has 0 saturated heterocycles. The SMILES string of the molecule is Nc1nc(Nc2ccc(F)cc2)ncc1C(=O)N=CC1CCC(OC(F)F)CC1. The minimum atomic E-state index is -2.77. The molecule has 10 heteroatoms. The van der Waals surface area contributed by atoms with Crippen molar-refractivity contribution in [2.45, 2.75) is 38.4 Å². The van der Waals surface area contributed by atoms with E-state index in [4.69, 9.17) is 5.73 Å². The third kappa shape index (κ3) is 5.98. The zero-order chi connectivity index (χ0) is 20.8. The molecule has 0 unspecified atom stereocenters. The molecule has 1 fully saturated rings. The number of aliphatic imine (C=N–C) groups is 1. The van der Waals surface area contributed by atoms with Crippen LogP contribution in [0.3, 0.4) is 0 Å². The molecular weight excluding hydrogens is 387 g/mol. The van der Waals surface area contributed by atoms with E-state index in [0.29, 0.717) is 31.4 Å². The summed E-state index contributed by atoms with van der Waals surface area (Å²) in [5, 5.41) is 2.86. The van der Waals surface area contributed by atoms with Gasteiger partial charge < -0.3 is 15.8 Å². The molecule has 3 rings (SSSR count). The van der Waals surface area contributed by atoms with E-state index in [2.05, 4.69) is 25.0 Å². The minimum absolute atomic E-state index is 0.0121. The van der Waals surface area contributed by atoms with Gasteiger partial charge in [-0.2, -0.15) is 13.8 Å². The molecule has 2 aromatic rings. The molecule has 1 saturated carbocycles. The number of carbonyl (C=O) groups is 1. The molecule has 0 aliphatic heterocycles. The topological polar surface area (TPSA) is 102 Å². The first-order valence-electron chi connectivity index (χ1n) is 9.08. The Kier molecular flexibility index (Phi) is 6.76. The predicted octanol–water partition coefficient (Wildman–Crippen LogP) is 3.95. The van der Waals surface area contributed by atoms with Gasteiger partial charge in [0.2, 0.25) is 5.95 Å².